The van der Waals surface area contributed by atoms with E-state index in [1.54, 1.807) is 0 Å². The van der Waals surface area contributed by atoms with Gasteiger partial charge < -0.3 is 11.1 Å². The lowest BCUT2D eigenvalue weighted by Gasteiger charge is -2.03. The van der Waals surface area contributed by atoms with Gasteiger partial charge in [-0.1, -0.05) is 13.8 Å². The second-order valence-corrected chi connectivity index (χ2v) is 2.39. The van der Waals surface area contributed by atoms with Gasteiger partial charge in [0.25, 0.3) is 0 Å². The molecule has 0 aromatic carbocycles. The third kappa shape index (κ3) is 15.8. The number of nitrogens with one attached hydrogen (secondary N) is 1. The predicted molar refractivity (Wildman–Crippen MR) is 51.3 cm³/mol. The second kappa shape index (κ2) is 12.2. The fraction of sp³-hybridized carbons (Fsp3) is 1.00. The smallest absolute Gasteiger partial charge is 0.00746 e. The fourth-order valence-corrected chi connectivity index (χ4v) is 0.493. The van der Waals surface area contributed by atoms with Crippen molar-refractivity contribution in [2.75, 3.05) is 19.6 Å². The molecular formula is C6H18Cl2N2. The minimum atomic E-state index is 0. The van der Waals surface area contributed by atoms with Crippen LogP contribution < -0.4 is 11.1 Å². The molecule has 2 nitrogen and oxygen atoms in total. The molecule has 0 saturated carbocycles. The molecule has 0 spiro atoms. The molecule has 0 fully saturated rings. The second-order valence-electron chi connectivity index (χ2n) is 2.39. The first kappa shape index (κ1) is 16.8. The van der Waals surface area contributed by atoms with Crippen LogP contribution in [0.2, 0.25) is 0 Å². The van der Waals surface area contributed by atoms with Gasteiger partial charge in [-0.25, -0.2) is 0 Å². The van der Waals surface area contributed by atoms with Crippen LogP contribution in [0.5, 0.6) is 0 Å². The lowest BCUT2D eigenvalue weighted by atomic mass is 10.2. The van der Waals surface area contributed by atoms with Crippen molar-refractivity contribution >= 4 is 24.8 Å². The maximum absolute atomic E-state index is 5.25. The third-order valence-electron chi connectivity index (χ3n) is 0.874. The Morgan fingerprint density at radius 3 is 2.10 bits per heavy atom. The van der Waals surface area contributed by atoms with Crippen LogP contribution in [-0.4, -0.2) is 19.6 Å². The molecule has 3 N–H and O–H groups in total. The van der Waals surface area contributed by atoms with Crippen molar-refractivity contribution in [3.63, 3.8) is 0 Å². The van der Waals surface area contributed by atoms with Crippen molar-refractivity contribution in [1.82, 2.24) is 5.32 Å². The maximum Gasteiger partial charge on any atom is 0.00746 e. The summed E-state index contributed by atoms with van der Waals surface area (Å²) >= 11 is 0. The highest BCUT2D eigenvalue weighted by molar-refractivity contribution is 5.85. The summed E-state index contributed by atoms with van der Waals surface area (Å²) in [6, 6.07) is 0. The van der Waals surface area contributed by atoms with Gasteiger partial charge in [0.15, 0.2) is 0 Å². The summed E-state index contributed by atoms with van der Waals surface area (Å²) in [6.07, 6.45) is 0. The minimum Gasteiger partial charge on any atom is -0.329 e. The molecule has 0 heterocycles. The van der Waals surface area contributed by atoms with E-state index in [1.165, 1.54) is 0 Å². The molecule has 66 valence electrons. The first-order valence-corrected chi connectivity index (χ1v) is 3.18. The summed E-state index contributed by atoms with van der Waals surface area (Å²) in [4.78, 5) is 0. The molecule has 0 saturated heterocycles. The molecule has 0 amide bonds. The zero-order chi connectivity index (χ0) is 6.41. The Balaban J connectivity index is -0.000000245. The highest BCUT2D eigenvalue weighted by atomic mass is 35.5. The highest BCUT2D eigenvalue weighted by Crippen LogP contribution is 1.84. The molecule has 0 unspecified atom stereocenters. The van der Waals surface area contributed by atoms with Crippen molar-refractivity contribution in [3.05, 3.63) is 0 Å². The van der Waals surface area contributed by atoms with Crippen LogP contribution in [0.25, 0.3) is 0 Å². The lowest BCUT2D eigenvalue weighted by molar-refractivity contribution is 0.558. The molecular weight excluding hydrogens is 171 g/mol. The first-order chi connectivity index (χ1) is 3.77. The summed E-state index contributed by atoms with van der Waals surface area (Å²) in [7, 11) is 0. The topological polar surface area (TPSA) is 38.0 Å². The van der Waals surface area contributed by atoms with Crippen LogP contribution in [-0.2, 0) is 0 Å². The van der Waals surface area contributed by atoms with Gasteiger partial charge in [-0.15, -0.1) is 24.8 Å². The Morgan fingerprint density at radius 2 is 1.80 bits per heavy atom. The number of hydrogen-bond donors (Lipinski definition) is 2. The molecule has 0 aliphatic heterocycles. The summed E-state index contributed by atoms with van der Waals surface area (Å²) in [5.41, 5.74) is 5.25. The zero-order valence-corrected chi connectivity index (χ0v) is 8.23. The number of nitrogens with two attached hydrogens (primary N) is 1. The van der Waals surface area contributed by atoms with Gasteiger partial charge in [0.2, 0.25) is 0 Å². The van der Waals surface area contributed by atoms with Crippen LogP contribution in [0.4, 0.5) is 0 Å². The average molecular weight is 189 g/mol. The number of halogens is 2. The zero-order valence-electron chi connectivity index (χ0n) is 6.59. The molecule has 0 rings (SSSR count). The predicted octanol–water partition coefficient (Wildman–Crippen LogP) is 1.03. The van der Waals surface area contributed by atoms with E-state index in [0.717, 1.165) is 25.6 Å². The Morgan fingerprint density at radius 1 is 1.30 bits per heavy atom. The summed E-state index contributed by atoms with van der Waals surface area (Å²) in [6.45, 7) is 7.13. The molecule has 4 heteroatoms. The average Bonchev–Trinajstić information content (AvgIpc) is 1.66. The van der Waals surface area contributed by atoms with Gasteiger partial charge in [0, 0.05) is 13.1 Å². The third-order valence-corrected chi connectivity index (χ3v) is 0.874. The van der Waals surface area contributed by atoms with E-state index >= 15 is 0 Å². The van der Waals surface area contributed by atoms with Crippen molar-refractivity contribution in [2.24, 2.45) is 11.7 Å². The molecule has 10 heavy (non-hydrogen) atoms. The van der Waals surface area contributed by atoms with E-state index in [0.29, 0.717) is 0 Å². The van der Waals surface area contributed by atoms with E-state index in [9.17, 15) is 0 Å². The van der Waals surface area contributed by atoms with Crippen LogP contribution in [0, 0.1) is 5.92 Å². The fourth-order valence-electron chi connectivity index (χ4n) is 0.493. The molecule has 0 atom stereocenters. The van der Waals surface area contributed by atoms with Gasteiger partial charge in [-0.2, -0.15) is 0 Å². The van der Waals surface area contributed by atoms with E-state index < -0.39 is 0 Å². The van der Waals surface area contributed by atoms with E-state index in [-0.39, 0.29) is 24.8 Å². The van der Waals surface area contributed by atoms with E-state index in [2.05, 4.69) is 19.2 Å². The Hall–Kier alpha value is 0.500. The van der Waals surface area contributed by atoms with Gasteiger partial charge in [0.05, 0.1) is 0 Å². The molecule has 0 aromatic heterocycles. The standard InChI is InChI=1S/C6H16N2.2ClH/c1-6(2)5-8-4-3-7;;/h6,8H,3-5,7H2,1-2H3;2*1H. The lowest BCUT2D eigenvalue weighted by Crippen LogP contribution is -2.25. The van der Waals surface area contributed by atoms with Crippen LogP contribution in [0.15, 0.2) is 0 Å². The van der Waals surface area contributed by atoms with Crippen LogP contribution in [0.3, 0.4) is 0 Å². The SMILES string of the molecule is CC(C)CNCCN.Cl.Cl. The summed E-state index contributed by atoms with van der Waals surface area (Å²) in [5, 5.41) is 3.21. The maximum atomic E-state index is 5.25. The summed E-state index contributed by atoms with van der Waals surface area (Å²) in [5.74, 6) is 0.738. The van der Waals surface area contributed by atoms with Crippen molar-refractivity contribution < 1.29 is 0 Å². The Labute approximate surface area is 75.8 Å². The molecule has 0 aromatic rings. The monoisotopic (exact) mass is 188 g/mol. The van der Waals surface area contributed by atoms with Crippen LogP contribution in [0.1, 0.15) is 13.8 Å². The largest absolute Gasteiger partial charge is 0.329 e. The quantitative estimate of drug-likeness (QED) is 0.648. The van der Waals surface area contributed by atoms with Gasteiger partial charge >= 0.3 is 0 Å². The van der Waals surface area contributed by atoms with Gasteiger partial charge in [-0.3, -0.25) is 0 Å². The minimum absolute atomic E-state index is 0. The Bertz CT molecular complexity index is 51.0. The normalized spacial score (nSPS) is 8.40. The molecule has 0 aliphatic rings. The number of rotatable bonds is 4. The highest BCUT2D eigenvalue weighted by Gasteiger charge is 1.88. The van der Waals surface area contributed by atoms with Crippen molar-refractivity contribution in [3.8, 4) is 0 Å². The molecule has 0 bridgehead atoms. The van der Waals surface area contributed by atoms with Crippen molar-refractivity contribution in [1.29, 1.82) is 0 Å². The Kier molecular flexibility index (Phi) is 20.6. The molecule has 0 aliphatic carbocycles. The molecule has 0 radical (unpaired) electrons. The van der Waals surface area contributed by atoms with Gasteiger partial charge in [0.1, 0.15) is 0 Å². The van der Waals surface area contributed by atoms with Crippen molar-refractivity contribution in [2.45, 2.75) is 13.8 Å². The number of hydrogen-bond acceptors (Lipinski definition) is 2. The van der Waals surface area contributed by atoms with Crippen LogP contribution >= 0.6 is 24.8 Å². The van der Waals surface area contributed by atoms with Gasteiger partial charge in [-0.05, 0) is 12.5 Å². The van der Waals surface area contributed by atoms with E-state index in [4.69, 9.17) is 5.73 Å². The first-order valence-electron chi connectivity index (χ1n) is 3.18. The summed E-state index contributed by atoms with van der Waals surface area (Å²) < 4.78 is 0. The van der Waals surface area contributed by atoms with E-state index in [1.807, 2.05) is 0 Å².